The summed E-state index contributed by atoms with van der Waals surface area (Å²) in [6.07, 6.45) is 4.13. The Bertz CT molecular complexity index is 313. The second-order valence-electron chi connectivity index (χ2n) is 5.08. The molecule has 0 amide bonds. The molecule has 0 aromatic rings. The van der Waals surface area contributed by atoms with Gasteiger partial charge in [0.15, 0.2) is 0 Å². The van der Waals surface area contributed by atoms with Crippen LogP contribution in [0.2, 0.25) is 0 Å². The van der Waals surface area contributed by atoms with Crippen LogP contribution >= 0.6 is 0 Å². The Labute approximate surface area is 105 Å². The SMILES string of the molecule is CCCCS(=O)(=O)N1CCC(CC)(CO)CC1. The molecule has 0 atom stereocenters. The van der Waals surface area contributed by atoms with Gasteiger partial charge in [0.2, 0.25) is 10.0 Å². The molecule has 1 aliphatic heterocycles. The van der Waals surface area contributed by atoms with E-state index in [9.17, 15) is 13.5 Å². The average molecular weight is 263 g/mol. The number of rotatable bonds is 6. The predicted octanol–water partition coefficient (Wildman–Crippen LogP) is 1.60. The smallest absolute Gasteiger partial charge is 0.214 e. The van der Waals surface area contributed by atoms with Gasteiger partial charge in [-0.1, -0.05) is 20.3 Å². The zero-order valence-electron chi connectivity index (χ0n) is 11.0. The van der Waals surface area contributed by atoms with Crippen LogP contribution in [0, 0.1) is 5.41 Å². The van der Waals surface area contributed by atoms with Gasteiger partial charge in [-0.25, -0.2) is 12.7 Å². The van der Waals surface area contributed by atoms with Gasteiger partial charge in [0.05, 0.1) is 5.75 Å². The molecule has 17 heavy (non-hydrogen) atoms. The summed E-state index contributed by atoms with van der Waals surface area (Å²) < 4.78 is 25.6. The molecule has 4 nitrogen and oxygen atoms in total. The number of hydrogen-bond acceptors (Lipinski definition) is 3. The molecule has 0 unspecified atom stereocenters. The van der Waals surface area contributed by atoms with Gasteiger partial charge in [0.25, 0.3) is 0 Å². The highest BCUT2D eigenvalue weighted by Crippen LogP contribution is 2.35. The monoisotopic (exact) mass is 263 g/mol. The average Bonchev–Trinajstić information content (AvgIpc) is 2.36. The summed E-state index contributed by atoms with van der Waals surface area (Å²) in [6.45, 7) is 5.38. The Morgan fingerprint density at radius 2 is 1.82 bits per heavy atom. The molecule has 0 spiro atoms. The third-order valence-electron chi connectivity index (χ3n) is 4.02. The molecule has 0 bridgehead atoms. The lowest BCUT2D eigenvalue weighted by Crippen LogP contribution is -2.45. The van der Waals surface area contributed by atoms with Crippen LogP contribution in [0.25, 0.3) is 0 Å². The predicted molar refractivity (Wildman–Crippen MR) is 69.3 cm³/mol. The summed E-state index contributed by atoms with van der Waals surface area (Å²) in [6, 6.07) is 0. The van der Waals surface area contributed by atoms with Crippen LogP contribution in [0.1, 0.15) is 46.0 Å². The molecule has 0 aromatic carbocycles. The van der Waals surface area contributed by atoms with Crippen molar-refractivity contribution in [2.45, 2.75) is 46.0 Å². The highest BCUT2D eigenvalue weighted by atomic mass is 32.2. The number of unbranched alkanes of at least 4 members (excludes halogenated alkanes) is 1. The van der Waals surface area contributed by atoms with Gasteiger partial charge in [0, 0.05) is 19.7 Å². The minimum absolute atomic E-state index is 0.0449. The Balaban J connectivity index is 2.57. The minimum Gasteiger partial charge on any atom is -0.396 e. The fourth-order valence-electron chi connectivity index (χ4n) is 2.32. The number of sulfonamides is 1. The molecule has 1 fully saturated rings. The Morgan fingerprint density at radius 1 is 1.24 bits per heavy atom. The van der Waals surface area contributed by atoms with E-state index >= 15 is 0 Å². The highest BCUT2D eigenvalue weighted by molar-refractivity contribution is 7.89. The zero-order valence-corrected chi connectivity index (χ0v) is 11.8. The maximum Gasteiger partial charge on any atom is 0.214 e. The van der Waals surface area contributed by atoms with Crippen molar-refractivity contribution in [2.75, 3.05) is 25.4 Å². The number of aliphatic hydroxyl groups excluding tert-OH is 1. The largest absolute Gasteiger partial charge is 0.396 e. The van der Waals surface area contributed by atoms with Crippen LogP contribution < -0.4 is 0 Å². The van der Waals surface area contributed by atoms with E-state index in [1.165, 1.54) is 0 Å². The normalized spacial score (nSPS) is 21.6. The molecular formula is C12H25NO3S. The fourth-order valence-corrected chi connectivity index (χ4v) is 3.97. The van der Waals surface area contributed by atoms with Gasteiger partial charge < -0.3 is 5.11 Å². The molecule has 5 heteroatoms. The number of aliphatic hydroxyl groups is 1. The zero-order chi connectivity index (χ0) is 12.9. The quantitative estimate of drug-likeness (QED) is 0.792. The molecule has 0 aliphatic carbocycles. The molecule has 0 radical (unpaired) electrons. The molecule has 1 N–H and O–H groups in total. The number of piperidine rings is 1. The summed E-state index contributed by atoms with van der Waals surface area (Å²) in [4.78, 5) is 0. The summed E-state index contributed by atoms with van der Waals surface area (Å²) in [5.74, 6) is 0.266. The molecule has 1 aliphatic rings. The van der Waals surface area contributed by atoms with Crippen molar-refractivity contribution in [3.63, 3.8) is 0 Å². The van der Waals surface area contributed by atoms with E-state index in [1.807, 2.05) is 6.92 Å². The van der Waals surface area contributed by atoms with Crippen molar-refractivity contribution in [1.29, 1.82) is 0 Å². The standard InChI is InChI=1S/C12H25NO3S/c1-3-5-10-17(15,16)13-8-6-12(4-2,11-14)7-9-13/h14H,3-11H2,1-2H3. The summed E-state index contributed by atoms with van der Waals surface area (Å²) in [7, 11) is -3.06. The molecule has 0 aromatic heterocycles. The Kier molecular flexibility index (Phi) is 5.41. The van der Waals surface area contributed by atoms with Crippen LogP contribution in [0.15, 0.2) is 0 Å². The van der Waals surface area contributed by atoms with Crippen molar-refractivity contribution in [3.05, 3.63) is 0 Å². The molecule has 1 rings (SSSR count). The second-order valence-corrected chi connectivity index (χ2v) is 7.17. The van der Waals surface area contributed by atoms with Gasteiger partial charge in [-0.3, -0.25) is 0 Å². The van der Waals surface area contributed by atoms with E-state index in [0.29, 0.717) is 13.1 Å². The lowest BCUT2D eigenvalue weighted by molar-refractivity contribution is 0.0647. The number of hydrogen-bond donors (Lipinski definition) is 1. The van der Waals surface area contributed by atoms with Crippen molar-refractivity contribution in [1.82, 2.24) is 4.31 Å². The first-order valence-electron chi connectivity index (χ1n) is 6.58. The van der Waals surface area contributed by atoms with Crippen molar-refractivity contribution in [2.24, 2.45) is 5.41 Å². The van der Waals surface area contributed by atoms with Gasteiger partial charge in [0.1, 0.15) is 0 Å². The van der Waals surface area contributed by atoms with E-state index in [0.717, 1.165) is 32.1 Å². The lowest BCUT2D eigenvalue weighted by Gasteiger charge is -2.39. The molecule has 102 valence electrons. The Hall–Kier alpha value is -0.130. The first kappa shape index (κ1) is 14.9. The molecule has 1 heterocycles. The summed E-state index contributed by atoms with van der Waals surface area (Å²) in [5.41, 5.74) is -0.0449. The third kappa shape index (κ3) is 3.66. The van der Waals surface area contributed by atoms with E-state index in [-0.39, 0.29) is 17.8 Å². The van der Waals surface area contributed by atoms with E-state index in [2.05, 4.69) is 6.92 Å². The first-order chi connectivity index (χ1) is 7.99. The van der Waals surface area contributed by atoms with Gasteiger partial charge in [-0.15, -0.1) is 0 Å². The van der Waals surface area contributed by atoms with Gasteiger partial charge >= 0.3 is 0 Å². The van der Waals surface area contributed by atoms with Crippen LogP contribution in [-0.2, 0) is 10.0 Å². The highest BCUT2D eigenvalue weighted by Gasteiger charge is 2.35. The fraction of sp³-hybridized carbons (Fsp3) is 1.00. The van der Waals surface area contributed by atoms with E-state index in [1.54, 1.807) is 4.31 Å². The summed E-state index contributed by atoms with van der Waals surface area (Å²) in [5, 5.41) is 9.40. The van der Waals surface area contributed by atoms with Crippen molar-refractivity contribution >= 4 is 10.0 Å². The second kappa shape index (κ2) is 6.16. The van der Waals surface area contributed by atoms with E-state index < -0.39 is 10.0 Å². The van der Waals surface area contributed by atoms with Crippen LogP contribution in [0.4, 0.5) is 0 Å². The molecular weight excluding hydrogens is 238 g/mol. The van der Waals surface area contributed by atoms with Crippen LogP contribution in [0.5, 0.6) is 0 Å². The first-order valence-corrected chi connectivity index (χ1v) is 8.19. The maximum absolute atomic E-state index is 12.0. The maximum atomic E-state index is 12.0. The van der Waals surface area contributed by atoms with Gasteiger partial charge in [-0.05, 0) is 31.1 Å². The van der Waals surface area contributed by atoms with Crippen LogP contribution in [-0.4, -0.2) is 43.3 Å². The number of nitrogens with zero attached hydrogens (tertiary/aromatic N) is 1. The Morgan fingerprint density at radius 3 is 2.24 bits per heavy atom. The van der Waals surface area contributed by atoms with Crippen molar-refractivity contribution in [3.8, 4) is 0 Å². The third-order valence-corrected chi connectivity index (χ3v) is 5.97. The van der Waals surface area contributed by atoms with E-state index in [4.69, 9.17) is 0 Å². The summed E-state index contributed by atoms with van der Waals surface area (Å²) >= 11 is 0. The topological polar surface area (TPSA) is 57.6 Å². The van der Waals surface area contributed by atoms with Crippen molar-refractivity contribution < 1.29 is 13.5 Å². The minimum atomic E-state index is -3.06. The van der Waals surface area contributed by atoms with Gasteiger partial charge in [-0.2, -0.15) is 0 Å². The van der Waals surface area contributed by atoms with Crippen LogP contribution in [0.3, 0.4) is 0 Å². The molecule has 0 saturated carbocycles. The lowest BCUT2D eigenvalue weighted by atomic mass is 9.77. The molecule has 1 saturated heterocycles.